The number of carbonyl (C=O) groups excluding carboxylic acids is 1. The van der Waals surface area contributed by atoms with E-state index in [1.54, 1.807) is 50.4 Å². The minimum absolute atomic E-state index is 0.00686. The fraction of sp³-hybridized carbons (Fsp3) is 0.211. The highest BCUT2D eigenvalue weighted by Gasteiger charge is 2.18. The van der Waals surface area contributed by atoms with E-state index in [2.05, 4.69) is 10.6 Å². The molecule has 0 bridgehead atoms. The Hall–Kier alpha value is -3.55. The van der Waals surface area contributed by atoms with Gasteiger partial charge in [-0.05, 0) is 31.2 Å². The summed E-state index contributed by atoms with van der Waals surface area (Å²) in [7, 11) is 1.56. The van der Waals surface area contributed by atoms with Crippen molar-refractivity contribution in [2.45, 2.75) is 6.92 Å². The highest BCUT2D eigenvalue weighted by molar-refractivity contribution is 6.07. The normalized spacial score (nSPS) is 10.6. The van der Waals surface area contributed by atoms with Crippen LogP contribution in [0.3, 0.4) is 0 Å². The molecule has 0 aliphatic heterocycles. The number of nitro benzene ring substituents is 1. The third-order valence-corrected chi connectivity index (χ3v) is 4.12. The number of fused-ring (bicyclic) bond motifs is 1. The van der Waals surface area contributed by atoms with Crippen molar-refractivity contribution in [3.63, 3.8) is 0 Å². The molecule has 0 aliphatic carbocycles. The molecule has 0 spiro atoms. The molecule has 27 heavy (non-hydrogen) atoms. The summed E-state index contributed by atoms with van der Waals surface area (Å²) in [5.74, 6) is 0.877. The number of anilines is 1. The average Bonchev–Trinajstić information content (AvgIpc) is 3.00. The number of hydrogen-bond acceptors (Lipinski definition) is 6. The van der Waals surface area contributed by atoms with Gasteiger partial charge in [-0.3, -0.25) is 14.9 Å². The second kappa shape index (κ2) is 7.77. The largest absolute Gasteiger partial charge is 0.497 e. The summed E-state index contributed by atoms with van der Waals surface area (Å²) in [5.41, 5.74) is 1.46. The van der Waals surface area contributed by atoms with Gasteiger partial charge in [0.25, 0.3) is 11.6 Å². The number of benzene rings is 2. The number of furan rings is 1. The molecule has 0 atom stereocenters. The quantitative estimate of drug-likeness (QED) is 0.375. The lowest BCUT2D eigenvalue weighted by molar-refractivity contribution is -0.384. The lowest BCUT2D eigenvalue weighted by Gasteiger charge is -2.08. The number of nitrogens with zero attached hydrogens (tertiary/aromatic N) is 1. The van der Waals surface area contributed by atoms with E-state index in [-0.39, 0.29) is 11.6 Å². The molecule has 3 aromatic rings. The zero-order valence-corrected chi connectivity index (χ0v) is 14.9. The van der Waals surface area contributed by atoms with Crippen molar-refractivity contribution in [2.24, 2.45) is 0 Å². The van der Waals surface area contributed by atoms with Crippen LogP contribution in [0.4, 0.5) is 11.4 Å². The minimum Gasteiger partial charge on any atom is -0.497 e. The fourth-order valence-corrected chi connectivity index (χ4v) is 2.85. The van der Waals surface area contributed by atoms with E-state index in [4.69, 9.17) is 9.15 Å². The van der Waals surface area contributed by atoms with Crippen LogP contribution < -0.4 is 15.4 Å². The Bertz CT molecular complexity index is 996. The highest BCUT2D eigenvalue weighted by Crippen LogP contribution is 2.29. The van der Waals surface area contributed by atoms with E-state index in [0.29, 0.717) is 46.8 Å². The van der Waals surface area contributed by atoms with Crippen molar-refractivity contribution in [2.75, 3.05) is 25.5 Å². The number of ether oxygens (including phenoxy) is 1. The number of hydrogen-bond donors (Lipinski definition) is 2. The predicted molar refractivity (Wildman–Crippen MR) is 101 cm³/mol. The molecule has 2 aromatic carbocycles. The van der Waals surface area contributed by atoms with Gasteiger partial charge in [0.1, 0.15) is 22.8 Å². The van der Waals surface area contributed by atoms with E-state index in [1.165, 1.54) is 6.07 Å². The molecule has 0 fully saturated rings. The maximum atomic E-state index is 12.6. The third-order valence-electron chi connectivity index (χ3n) is 4.12. The number of para-hydroxylation sites is 2. The Morgan fingerprint density at radius 1 is 1.22 bits per heavy atom. The maximum absolute atomic E-state index is 12.6. The van der Waals surface area contributed by atoms with Crippen molar-refractivity contribution in [1.82, 2.24) is 5.32 Å². The first-order chi connectivity index (χ1) is 13.0. The molecule has 8 nitrogen and oxygen atoms in total. The SMILES string of the molecule is COc1ccc2oc(C)c(C(=O)NCCNc3ccccc3[N+](=O)[O-])c2c1. The van der Waals surface area contributed by atoms with Gasteiger partial charge in [-0.2, -0.15) is 0 Å². The maximum Gasteiger partial charge on any atom is 0.292 e. The Balaban J connectivity index is 1.66. The molecular formula is C19H19N3O5. The molecule has 8 heteroatoms. The minimum atomic E-state index is -0.449. The molecule has 1 heterocycles. The van der Waals surface area contributed by atoms with Crippen LogP contribution in [0.5, 0.6) is 5.75 Å². The van der Waals surface area contributed by atoms with Gasteiger partial charge in [0.15, 0.2) is 0 Å². The van der Waals surface area contributed by atoms with Gasteiger partial charge in [-0.1, -0.05) is 12.1 Å². The highest BCUT2D eigenvalue weighted by atomic mass is 16.6. The van der Waals surface area contributed by atoms with Crippen LogP contribution in [0, 0.1) is 17.0 Å². The summed E-state index contributed by atoms with van der Waals surface area (Å²) >= 11 is 0. The number of nitro groups is 1. The topological polar surface area (TPSA) is 107 Å². The van der Waals surface area contributed by atoms with Crippen LogP contribution in [0.1, 0.15) is 16.1 Å². The first-order valence-electron chi connectivity index (χ1n) is 8.34. The molecule has 1 amide bonds. The summed E-state index contributed by atoms with van der Waals surface area (Å²) in [6, 6.07) is 11.6. The van der Waals surface area contributed by atoms with Crippen molar-refractivity contribution < 1.29 is 18.9 Å². The standard InChI is InChI=1S/C19H19N3O5/c1-12-18(14-11-13(26-2)7-8-17(14)27-12)19(23)21-10-9-20-15-5-3-4-6-16(15)22(24)25/h3-8,11,20H,9-10H2,1-2H3,(H,21,23). The molecule has 0 saturated carbocycles. The zero-order valence-electron chi connectivity index (χ0n) is 14.9. The Kier molecular flexibility index (Phi) is 5.25. The summed E-state index contributed by atoms with van der Waals surface area (Å²) < 4.78 is 10.8. The second-order valence-electron chi connectivity index (χ2n) is 5.85. The van der Waals surface area contributed by atoms with Gasteiger partial charge in [0.05, 0.1) is 17.6 Å². The number of rotatable bonds is 7. The number of methoxy groups -OCH3 is 1. The number of amides is 1. The van der Waals surface area contributed by atoms with E-state index < -0.39 is 4.92 Å². The molecule has 0 unspecified atom stereocenters. The van der Waals surface area contributed by atoms with Crippen LogP contribution in [0.15, 0.2) is 46.9 Å². The Morgan fingerprint density at radius 3 is 2.74 bits per heavy atom. The zero-order chi connectivity index (χ0) is 19.4. The fourth-order valence-electron chi connectivity index (χ4n) is 2.85. The number of carbonyl (C=O) groups is 1. The average molecular weight is 369 g/mol. The smallest absolute Gasteiger partial charge is 0.292 e. The van der Waals surface area contributed by atoms with Gasteiger partial charge < -0.3 is 19.8 Å². The lowest BCUT2D eigenvalue weighted by Crippen LogP contribution is -2.29. The van der Waals surface area contributed by atoms with Gasteiger partial charge >= 0.3 is 0 Å². The second-order valence-corrected chi connectivity index (χ2v) is 5.85. The third kappa shape index (κ3) is 3.84. The number of nitrogens with one attached hydrogen (secondary N) is 2. The van der Waals surface area contributed by atoms with Crippen LogP contribution in [0.2, 0.25) is 0 Å². The molecule has 0 aliphatic rings. The first-order valence-corrected chi connectivity index (χ1v) is 8.34. The molecule has 2 N–H and O–H groups in total. The summed E-state index contributed by atoms with van der Waals surface area (Å²) in [4.78, 5) is 23.1. The Labute approximate surface area is 155 Å². The molecule has 3 rings (SSSR count). The van der Waals surface area contributed by atoms with E-state index in [9.17, 15) is 14.9 Å². The summed E-state index contributed by atoms with van der Waals surface area (Å²) in [5, 5.41) is 17.5. The molecule has 0 saturated heterocycles. The van der Waals surface area contributed by atoms with Crippen molar-refractivity contribution >= 4 is 28.3 Å². The van der Waals surface area contributed by atoms with E-state index in [1.807, 2.05) is 0 Å². The molecule has 0 radical (unpaired) electrons. The van der Waals surface area contributed by atoms with Crippen molar-refractivity contribution in [1.29, 1.82) is 0 Å². The van der Waals surface area contributed by atoms with Crippen molar-refractivity contribution in [3.8, 4) is 5.75 Å². The first kappa shape index (κ1) is 18.2. The van der Waals surface area contributed by atoms with Gasteiger partial charge in [0.2, 0.25) is 0 Å². The van der Waals surface area contributed by atoms with Gasteiger partial charge in [-0.15, -0.1) is 0 Å². The predicted octanol–water partition coefficient (Wildman–Crippen LogP) is 3.50. The van der Waals surface area contributed by atoms with Crippen LogP contribution in [-0.2, 0) is 0 Å². The van der Waals surface area contributed by atoms with Crippen LogP contribution in [-0.4, -0.2) is 31.0 Å². The monoisotopic (exact) mass is 369 g/mol. The van der Waals surface area contributed by atoms with Gasteiger partial charge in [0, 0.05) is 24.5 Å². The Morgan fingerprint density at radius 2 is 2.00 bits per heavy atom. The lowest BCUT2D eigenvalue weighted by atomic mass is 10.1. The van der Waals surface area contributed by atoms with Crippen LogP contribution in [0.25, 0.3) is 11.0 Å². The van der Waals surface area contributed by atoms with Crippen molar-refractivity contribution in [3.05, 3.63) is 63.9 Å². The molecule has 140 valence electrons. The van der Waals surface area contributed by atoms with E-state index >= 15 is 0 Å². The number of aryl methyl sites for hydroxylation is 1. The molecule has 1 aromatic heterocycles. The van der Waals surface area contributed by atoms with Gasteiger partial charge in [-0.25, -0.2) is 0 Å². The summed E-state index contributed by atoms with van der Waals surface area (Å²) in [6.45, 7) is 2.36. The molecular weight excluding hydrogens is 350 g/mol. The summed E-state index contributed by atoms with van der Waals surface area (Å²) in [6.07, 6.45) is 0. The van der Waals surface area contributed by atoms with E-state index in [0.717, 1.165) is 0 Å². The van der Waals surface area contributed by atoms with Crippen LogP contribution >= 0.6 is 0 Å².